The van der Waals surface area contributed by atoms with Gasteiger partial charge in [-0.15, -0.1) is 0 Å². The van der Waals surface area contributed by atoms with Gasteiger partial charge in [0.05, 0.1) is 16.5 Å². The molecule has 0 fully saturated rings. The molecule has 0 saturated heterocycles. The van der Waals surface area contributed by atoms with Crippen LogP contribution in [0.25, 0.3) is 10.9 Å². The van der Waals surface area contributed by atoms with E-state index in [-0.39, 0.29) is 29.4 Å². The van der Waals surface area contributed by atoms with E-state index in [4.69, 9.17) is 9.15 Å². The van der Waals surface area contributed by atoms with Gasteiger partial charge in [0, 0.05) is 20.5 Å². The number of esters is 1. The topological polar surface area (TPSA) is 123 Å². The molecule has 0 spiro atoms. The predicted octanol–water partition coefficient (Wildman–Crippen LogP) is 2.71. The normalized spacial score (nSPS) is 11.7. The van der Waals surface area contributed by atoms with Crippen LogP contribution in [0.15, 0.2) is 75.0 Å². The minimum atomic E-state index is -3.72. The summed E-state index contributed by atoms with van der Waals surface area (Å²) in [7, 11) is -0.927. The Morgan fingerprint density at radius 2 is 1.79 bits per heavy atom. The number of fused-ring (bicyclic) bond motifs is 1. The van der Waals surface area contributed by atoms with Crippen molar-refractivity contribution < 1.29 is 22.4 Å². The van der Waals surface area contributed by atoms with Gasteiger partial charge in [0.15, 0.2) is 0 Å². The van der Waals surface area contributed by atoms with Crippen LogP contribution in [0, 0.1) is 0 Å². The van der Waals surface area contributed by atoms with Crippen molar-refractivity contribution in [1.82, 2.24) is 14.3 Å². The van der Waals surface area contributed by atoms with Crippen LogP contribution in [0.4, 0.5) is 0 Å². The van der Waals surface area contributed by atoms with Crippen LogP contribution < -0.4 is 5.56 Å². The average molecular weight is 468 g/mol. The van der Waals surface area contributed by atoms with E-state index >= 15 is 0 Å². The molecule has 33 heavy (non-hydrogen) atoms. The fraction of sp³-hybridized carbons (Fsp3) is 0.174. The largest absolute Gasteiger partial charge is 0.454 e. The van der Waals surface area contributed by atoms with E-state index in [9.17, 15) is 18.0 Å². The van der Waals surface area contributed by atoms with Crippen molar-refractivity contribution in [1.29, 1.82) is 0 Å². The van der Waals surface area contributed by atoms with Crippen LogP contribution in [0.5, 0.6) is 0 Å². The third-order valence-corrected chi connectivity index (χ3v) is 6.66. The molecule has 0 aliphatic rings. The van der Waals surface area contributed by atoms with Crippen molar-refractivity contribution in [3.8, 4) is 0 Å². The van der Waals surface area contributed by atoms with E-state index in [2.05, 4.69) is 9.97 Å². The number of nitrogens with zero attached hydrogens (tertiary/aromatic N) is 2. The lowest BCUT2D eigenvalue weighted by Gasteiger charge is -2.10. The molecule has 4 rings (SSSR count). The summed E-state index contributed by atoms with van der Waals surface area (Å²) in [5.74, 6) is 0.00690. The summed E-state index contributed by atoms with van der Waals surface area (Å²) in [6, 6.07) is 16.6. The van der Waals surface area contributed by atoms with Crippen LogP contribution in [-0.4, -0.2) is 42.8 Å². The number of hydrogen-bond acceptors (Lipinski definition) is 7. The summed E-state index contributed by atoms with van der Waals surface area (Å²) in [6.45, 7) is -0.235. The quantitative estimate of drug-likeness (QED) is 0.415. The Morgan fingerprint density at radius 3 is 2.58 bits per heavy atom. The van der Waals surface area contributed by atoms with Crippen molar-refractivity contribution >= 4 is 26.9 Å². The van der Waals surface area contributed by atoms with Crippen LogP contribution in [0.2, 0.25) is 0 Å². The van der Waals surface area contributed by atoms with Gasteiger partial charge < -0.3 is 14.1 Å². The van der Waals surface area contributed by atoms with Gasteiger partial charge >= 0.3 is 5.97 Å². The van der Waals surface area contributed by atoms with Crippen LogP contribution in [0.1, 0.15) is 27.5 Å². The van der Waals surface area contributed by atoms with E-state index < -0.39 is 16.0 Å². The molecule has 1 N–H and O–H groups in total. The van der Waals surface area contributed by atoms with Gasteiger partial charge in [-0.2, -0.15) is 0 Å². The molecule has 170 valence electrons. The number of H-pyrrole nitrogens is 1. The van der Waals surface area contributed by atoms with Crippen LogP contribution in [0.3, 0.4) is 0 Å². The highest BCUT2D eigenvalue weighted by Gasteiger charge is 2.22. The average Bonchev–Trinajstić information content (AvgIpc) is 3.28. The van der Waals surface area contributed by atoms with E-state index in [0.29, 0.717) is 27.9 Å². The summed E-state index contributed by atoms with van der Waals surface area (Å²) in [6.07, 6.45) is 0.220. The van der Waals surface area contributed by atoms with Crippen LogP contribution >= 0.6 is 0 Å². The summed E-state index contributed by atoms with van der Waals surface area (Å²) >= 11 is 0. The third-order valence-electron chi connectivity index (χ3n) is 4.97. The highest BCUT2D eigenvalue weighted by atomic mass is 32.2. The number of aromatic nitrogens is 2. The second kappa shape index (κ2) is 9.00. The lowest BCUT2D eigenvalue weighted by atomic mass is 10.0. The number of carbonyl (C=O) groups excluding carboxylic acids is 1. The van der Waals surface area contributed by atoms with Gasteiger partial charge in [0.25, 0.3) is 15.6 Å². The first-order valence-corrected chi connectivity index (χ1v) is 11.4. The van der Waals surface area contributed by atoms with Crippen molar-refractivity contribution in [2.75, 3.05) is 14.1 Å². The molecule has 0 aliphatic heterocycles. The second-order valence-electron chi connectivity index (χ2n) is 7.45. The van der Waals surface area contributed by atoms with E-state index in [1.165, 1.54) is 26.2 Å². The molecule has 2 aromatic heterocycles. The lowest BCUT2D eigenvalue weighted by molar-refractivity contribution is 0.0439. The number of rotatable bonds is 7. The summed E-state index contributed by atoms with van der Waals surface area (Å²) in [5, 5.41) is 0.258. The number of nitrogens with one attached hydrogen (secondary N) is 1. The Hall–Kier alpha value is -3.76. The number of ether oxygens (including phenoxy) is 1. The number of furan rings is 1. The lowest BCUT2D eigenvalue weighted by Crippen LogP contribution is -2.21. The zero-order chi connectivity index (χ0) is 23.6. The molecule has 0 amide bonds. The molecule has 0 aliphatic carbocycles. The van der Waals surface area contributed by atoms with Gasteiger partial charge in [0.1, 0.15) is 18.2 Å². The summed E-state index contributed by atoms with van der Waals surface area (Å²) in [5.41, 5.74) is 1.24. The molecule has 9 nitrogen and oxygen atoms in total. The molecule has 2 heterocycles. The number of benzene rings is 2. The minimum Gasteiger partial charge on any atom is -0.454 e. The molecule has 10 heteroatoms. The molecule has 0 radical (unpaired) electrons. The maximum atomic E-state index is 12.7. The Kier molecular flexibility index (Phi) is 6.12. The number of carbonyl (C=O) groups is 1. The monoisotopic (exact) mass is 467 g/mol. The van der Waals surface area contributed by atoms with Gasteiger partial charge in [-0.1, -0.05) is 30.3 Å². The van der Waals surface area contributed by atoms with E-state index in [1.807, 2.05) is 0 Å². The molecule has 0 saturated carbocycles. The molecular weight excluding hydrogens is 446 g/mol. The Labute approximate surface area is 189 Å². The molecule has 2 aromatic carbocycles. The summed E-state index contributed by atoms with van der Waals surface area (Å²) < 4.78 is 35.9. The fourth-order valence-electron chi connectivity index (χ4n) is 3.24. The Morgan fingerprint density at radius 1 is 1.06 bits per heavy atom. The SMILES string of the molecule is CN(C)S(=O)(=O)c1ccc(COC(=O)c2ccccc2Cc2nc3ccccc3c(=O)[nH]2)o1. The first kappa shape index (κ1) is 22.4. The number of sulfonamides is 1. The number of para-hydroxylation sites is 1. The zero-order valence-corrected chi connectivity index (χ0v) is 18.8. The fourth-order valence-corrected chi connectivity index (χ4v) is 4.05. The van der Waals surface area contributed by atoms with Crippen LogP contribution in [-0.2, 0) is 27.8 Å². The van der Waals surface area contributed by atoms with Gasteiger partial charge in [-0.05, 0) is 35.9 Å². The zero-order valence-electron chi connectivity index (χ0n) is 17.9. The predicted molar refractivity (Wildman–Crippen MR) is 120 cm³/mol. The van der Waals surface area contributed by atoms with Gasteiger partial charge in [-0.3, -0.25) is 4.79 Å². The van der Waals surface area contributed by atoms with Crippen molar-refractivity contribution in [3.63, 3.8) is 0 Å². The second-order valence-corrected chi connectivity index (χ2v) is 9.53. The maximum absolute atomic E-state index is 12.7. The molecule has 0 unspecified atom stereocenters. The van der Waals surface area contributed by atoms with Crippen molar-refractivity contribution in [2.24, 2.45) is 0 Å². The molecule has 4 aromatic rings. The highest BCUT2D eigenvalue weighted by molar-refractivity contribution is 7.88. The third kappa shape index (κ3) is 4.71. The van der Waals surface area contributed by atoms with Gasteiger partial charge in [0.2, 0.25) is 5.09 Å². The molecular formula is C23H21N3O6S. The first-order chi connectivity index (χ1) is 15.8. The smallest absolute Gasteiger partial charge is 0.338 e. The maximum Gasteiger partial charge on any atom is 0.338 e. The van der Waals surface area contributed by atoms with Crippen molar-refractivity contribution in [2.45, 2.75) is 18.1 Å². The standard InChI is InChI=1S/C23H21N3O6S/c1-26(2)33(29,30)21-12-11-16(32-21)14-31-23(28)17-8-4-3-7-15(17)13-20-24-19-10-6-5-9-18(19)22(27)25-20/h3-12H,13-14H2,1-2H3,(H,24,25,27). The molecule has 0 atom stereocenters. The van der Waals surface area contributed by atoms with Gasteiger partial charge in [-0.25, -0.2) is 22.5 Å². The first-order valence-electron chi connectivity index (χ1n) is 10.00. The molecule has 0 bridgehead atoms. The highest BCUT2D eigenvalue weighted by Crippen LogP contribution is 2.19. The number of hydrogen-bond donors (Lipinski definition) is 1. The van der Waals surface area contributed by atoms with E-state index in [1.54, 1.807) is 48.5 Å². The van der Waals surface area contributed by atoms with Crippen molar-refractivity contribution in [3.05, 3.63) is 93.7 Å². The Bertz CT molecular complexity index is 1490. The van der Waals surface area contributed by atoms with E-state index in [0.717, 1.165) is 4.31 Å². The number of aromatic amines is 1. The minimum absolute atomic E-state index is 0.196. The Balaban J connectivity index is 1.52. The summed E-state index contributed by atoms with van der Waals surface area (Å²) in [4.78, 5) is 32.3.